The van der Waals surface area contributed by atoms with Crippen LogP contribution in [-0.2, 0) is 9.59 Å². The van der Waals surface area contributed by atoms with E-state index in [0.717, 1.165) is 6.42 Å². The number of nitrogens with one attached hydrogen (secondary N) is 2. The summed E-state index contributed by atoms with van der Waals surface area (Å²) in [5.41, 5.74) is 5.57. The van der Waals surface area contributed by atoms with Gasteiger partial charge in [0.1, 0.15) is 11.6 Å². The van der Waals surface area contributed by atoms with Crippen LogP contribution in [0.3, 0.4) is 0 Å². The van der Waals surface area contributed by atoms with Gasteiger partial charge in [0.05, 0.1) is 0 Å². The van der Waals surface area contributed by atoms with Crippen molar-refractivity contribution in [2.24, 2.45) is 0 Å². The zero-order chi connectivity index (χ0) is 20.1. The first-order valence-corrected chi connectivity index (χ1v) is 8.87. The molecule has 2 N–H and O–H groups in total. The van der Waals surface area contributed by atoms with Gasteiger partial charge in [0.25, 0.3) is 11.8 Å². The summed E-state index contributed by atoms with van der Waals surface area (Å²) in [6.45, 7) is 2.13. The molecule has 7 nitrogen and oxygen atoms in total. The van der Waals surface area contributed by atoms with E-state index in [2.05, 4.69) is 10.9 Å². The second-order valence-electron chi connectivity index (χ2n) is 6.36. The summed E-state index contributed by atoms with van der Waals surface area (Å²) in [6.07, 6.45) is 0.384. The fourth-order valence-electron chi connectivity index (χ4n) is 2.80. The summed E-state index contributed by atoms with van der Waals surface area (Å²) in [5, 5.41) is 0. The van der Waals surface area contributed by atoms with E-state index < -0.39 is 23.7 Å². The summed E-state index contributed by atoms with van der Waals surface area (Å²) < 4.78 is 18.3. The maximum atomic E-state index is 12.9. The zero-order valence-electron chi connectivity index (χ0n) is 15.3. The van der Waals surface area contributed by atoms with Crippen molar-refractivity contribution >= 4 is 23.4 Å². The second-order valence-corrected chi connectivity index (χ2v) is 6.36. The highest BCUT2D eigenvalue weighted by atomic mass is 19.1. The van der Waals surface area contributed by atoms with E-state index in [-0.39, 0.29) is 5.91 Å². The minimum absolute atomic E-state index is 0.0256. The summed E-state index contributed by atoms with van der Waals surface area (Å²) in [4.78, 5) is 37.9. The van der Waals surface area contributed by atoms with Crippen LogP contribution in [0.25, 0.3) is 0 Å². The molecule has 1 aliphatic rings. The number of carbonyl (C=O) groups is 3. The fourth-order valence-corrected chi connectivity index (χ4v) is 2.80. The summed E-state index contributed by atoms with van der Waals surface area (Å²) >= 11 is 0. The topological polar surface area (TPSA) is 87.7 Å². The number of ether oxygens (including phenoxy) is 1. The highest BCUT2D eigenvalue weighted by Crippen LogP contribution is 2.22. The number of rotatable bonds is 5. The lowest BCUT2D eigenvalue weighted by molar-refractivity contribution is -0.128. The Morgan fingerprint density at radius 1 is 1.14 bits per heavy atom. The summed E-state index contributed by atoms with van der Waals surface area (Å²) in [6, 6.07) is 11.9. The molecule has 1 heterocycles. The van der Waals surface area contributed by atoms with E-state index in [0.29, 0.717) is 30.0 Å². The largest absolute Gasteiger partial charge is 0.481 e. The van der Waals surface area contributed by atoms with Crippen molar-refractivity contribution in [3.63, 3.8) is 0 Å². The van der Waals surface area contributed by atoms with Crippen molar-refractivity contribution in [2.45, 2.75) is 25.9 Å². The fraction of sp³-hybridized carbons (Fsp3) is 0.250. The predicted octanol–water partition coefficient (Wildman–Crippen LogP) is 2.18. The van der Waals surface area contributed by atoms with Crippen molar-refractivity contribution in [1.29, 1.82) is 0 Å². The van der Waals surface area contributed by atoms with Gasteiger partial charge in [-0.15, -0.1) is 0 Å². The van der Waals surface area contributed by atoms with Gasteiger partial charge in [0.2, 0.25) is 5.91 Å². The molecule has 1 atom stereocenters. The Balaban J connectivity index is 1.55. The number of benzene rings is 2. The maximum Gasteiger partial charge on any atom is 0.279 e. The molecule has 3 rings (SSSR count). The Kier molecular flexibility index (Phi) is 5.88. The molecule has 2 aromatic carbocycles. The maximum absolute atomic E-state index is 12.9. The van der Waals surface area contributed by atoms with Crippen LogP contribution < -0.4 is 20.5 Å². The van der Waals surface area contributed by atoms with E-state index in [4.69, 9.17) is 4.74 Å². The molecule has 0 unspecified atom stereocenters. The average Bonchev–Trinajstić information content (AvgIpc) is 3.13. The molecule has 0 bridgehead atoms. The third-order valence-corrected chi connectivity index (χ3v) is 4.29. The third kappa shape index (κ3) is 4.64. The van der Waals surface area contributed by atoms with E-state index >= 15 is 0 Å². The lowest BCUT2D eigenvalue weighted by Crippen LogP contribution is -2.47. The van der Waals surface area contributed by atoms with Crippen LogP contribution in [-0.4, -0.2) is 30.4 Å². The van der Waals surface area contributed by atoms with Crippen LogP contribution in [0.1, 0.15) is 30.1 Å². The zero-order valence-corrected chi connectivity index (χ0v) is 15.3. The van der Waals surface area contributed by atoms with Crippen LogP contribution in [0.15, 0.2) is 48.5 Å². The Labute approximate surface area is 161 Å². The quantitative estimate of drug-likeness (QED) is 0.773. The summed E-state index contributed by atoms with van der Waals surface area (Å²) in [7, 11) is 0. The van der Waals surface area contributed by atoms with Crippen LogP contribution >= 0.6 is 0 Å². The molecule has 0 saturated carbocycles. The van der Waals surface area contributed by atoms with Crippen molar-refractivity contribution < 1.29 is 23.5 Å². The van der Waals surface area contributed by atoms with Gasteiger partial charge >= 0.3 is 0 Å². The summed E-state index contributed by atoms with van der Waals surface area (Å²) in [5.74, 6) is -1.13. The molecule has 0 aromatic heterocycles. The predicted molar refractivity (Wildman–Crippen MR) is 100 cm³/mol. The molecule has 2 aromatic rings. The number of anilines is 1. The van der Waals surface area contributed by atoms with Crippen molar-refractivity contribution in [3.8, 4) is 5.75 Å². The Morgan fingerprint density at radius 3 is 2.57 bits per heavy atom. The van der Waals surface area contributed by atoms with Gasteiger partial charge in [0.15, 0.2) is 6.10 Å². The van der Waals surface area contributed by atoms with Gasteiger partial charge < -0.3 is 9.64 Å². The van der Waals surface area contributed by atoms with E-state index in [1.807, 2.05) is 0 Å². The third-order valence-electron chi connectivity index (χ3n) is 4.29. The van der Waals surface area contributed by atoms with Gasteiger partial charge in [-0.2, -0.15) is 0 Å². The SMILES string of the molecule is C[C@H](Oc1ccc(F)cc1)C(=O)NNC(=O)c1cccc(N2CCCC2=O)c1. The first-order chi connectivity index (χ1) is 13.4. The Hall–Kier alpha value is -3.42. The lowest BCUT2D eigenvalue weighted by Gasteiger charge is -2.17. The molecule has 3 amide bonds. The number of hydrazine groups is 1. The van der Waals surface area contributed by atoms with Crippen LogP contribution in [0.5, 0.6) is 5.75 Å². The standard InChI is InChI=1S/C20H20FN3O4/c1-13(28-17-9-7-15(21)8-10-17)19(26)22-23-20(27)14-4-2-5-16(12-14)24-11-3-6-18(24)25/h2,4-5,7-10,12-13H,3,6,11H2,1H3,(H,22,26)(H,23,27)/t13-/m0/s1. The van der Waals surface area contributed by atoms with Crippen molar-refractivity contribution in [3.05, 3.63) is 59.9 Å². The average molecular weight is 385 g/mol. The number of nitrogens with zero attached hydrogens (tertiary/aromatic N) is 1. The molecule has 1 saturated heterocycles. The van der Waals surface area contributed by atoms with E-state index in [9.17, 15) is 18.8 Å². The molecule has 0 radical (unpaired) electrons. The molecule has 8 heteroatoms. The normalized spacial score (nSPS) is 14.5. The smallest absolute Gasteiger partial charge is 0.279 e. The van der Waals surface area contributed by atoms with Crippen molar-refractivity contribution in [2.75, 3.05) is 11.4 Å². The van der Waals surface area contributed by atoms with Gasteiger partial charge in [0, 0.05) is 24.2 Å². The minimum Gasteiger partial charge on any atom is -0.481 e. The highest BCUT2D eigenvalue weighted by molar-refractivity contribution is 5.99. The van der Waals surface area contributed by atoms with Crippen LogP contribution in [0.4, 0.5) is 10.1 Å². The first-order valence-electron chi connectivity index (χ1n) is 8.87. The Bertz CT molecular complexity index is 885. The van der Waals surface area contributed by atoms with Crippen LogP contribution in [0.2, 0.25) is 0 Å². The van der Waals surface area contributed by atoms with E-state index in [1.54, 1.807) is 29.2 Å². The number of carbonyl (C=O) groups excluding carboxylic acids is 3. The molecule has 1 fully saturated rings. The lowest BCUT2D eigenvalue weighted by atomic mass is 10.2. The van der Waals surface area contributed by atoms with E-state index in [1.165, 1.54) is 31.2 Å². The highest BCUT2D eigenvalue weighted by Gasteiger charge is 2.22. The molecule has 0 spiro atoms. The molecule has 0 aliphatic carbocycles. The number of hydrogen-bond acceptors (Lipinski definition) is 4. The van der Waals surface area contributed by atoms with Gasteiger partial charge in [-0.05, 0) is 55.8 Å². The number of amides is 3. The van der Waals surface area contributed by atoms with Crippen LogP contribution in [0, 0.1) is 5.82 Å². The van der Waals surface area contributed by atoms with Gasteiger partial charge in [-0.3, -0.25) is 25.2 Å². The first kappa shape index (κ1) is 19.3. The number of hydrogen-bond donors (Lipinski definition) is 2. The molecular formula is C20H20FN3O4. The second kappa shape index (κ2) is 8.51. The molecular weight excluding hydrogens is 365 g/mol. The molecule has 146 valence electrons. The molecule has 1 aliphatic heterocycles. The monoisotopic (exact) mass is 385 g/mol. The van der Waals surface area contributed by atoms with Gasteiger partial charge in [-0.1, -0.05) is 6.07 Å². The Morgan fingerprint density at radius 2 is 1.89 bits per heavy atom. The minimum atomic E-state index is -0.903. The van der Waals surface area contributed by atoms with Crippen molar-refractivity contribution in [1.82, 2.24) is 10.9 Å². The molecule has 28 heavy (non-hydrogen) atoms. The van der Waals surface area contributed by atoms with Gasteiger partial charge in [-0.25, -0.2) is 4.39 Å². The number of halogens is 1.